The smallest absolute Gasteiger partial charge is 0.206 e. The molecule has 0 fully saturated rings. The van der Waals surface area contributed by atoms with Crippen molar-refractivity contribution in [1.29, 1.82) is 5.26 Å². The van der Waals surface area contributed by atoms with Crippen LogP contribution in [-0.4, -0.2) is 32.1 Å². The Labute approximate surface area is 321 Å². The summed E-state index contributed by atoms with van der Waals surface area (Å²) in [7, 11) is -3.84. The van der Waals surface area contributed by atoms with Crippen molar-refractivity contribution in [3.63, 3.8) is 0 Å². The summed E-state index contributed by atoms with van der Waals surface area (Å²) >= 11 is 0. The summed E-state index contributed by atoms with van der Waals surface area (Å²) in [5.41, 5.74) is 8.76. The summed E-state index contributed by atoms with van der Waals surface area (Å²) in [5.74, 6) is 1.67. The molecule has 0 aliphatic heterocycles. The fourth-order valence-electron chi connectivity index (χ4n) is 8.75. The van der Waals surface area contributed by atoms with Crippen LogP contribution >= 0.6 is 0 Å². The molecule has 5 aromatic carbocycles. The second kappa shape index (κ2) is 12.1. The van der Waals surface area contributed by atoms with Crippen LogP contribution in [0.5, 0.6) is 0 Å². The van der Waals surface area contributed by atoms with Gasteiger partial charge in [-0.2, -0.15) is 5.26 Å². The van der Waals surface area contributed by atoms with Crippen molar-refractivity contribution in [2.24, 2.45) is 0 Å². The van der Waals surface area contributed by atoms with Crippen LogP contribution in [0, 0.1) is 11.3 Å². The van der Waals surface area contributed by atoms with Gasteiger partial charge in [0.25, 0.3) is 0 Å². The minimum absolute atomic E-state index is 0.141. The summed E-state index contributed by atoms with van der Waals surface area (Å²) in [4.78, 5) is 10.2. The predicted octanol–water partition coefficient (Wildman–Crippen LogP) is 10.3. The molecule has 0 N–H and O–H groups in total. The summed E-state index contributed by atoms with van der Waals surface area (Å²) in [6, 6.07) is 44.3. The van der Waals surface area contributed by atoms with E-state index in [4.69, 9.17) is 9.97 Å². The van der Waals surface area contributed by atoms with E-state index in [1.165, 1.54) is 30.0 Å². The Bertz CT molecular complexity index is 3410. The van der Waals surface area contributed by atoms with E-state index in [-0.39, 0.29) is 9.79 Å². The van der Waals surface area contributed by atoms with Gasteiger partial charge < -0.3 is 4.57 Å². The number of pyridine rings is 2. The Balaban J connectivity index is 1.33. The molecule has 11 rings (SSSR count). The second-order valence-corrected chi connectivity index (χ2v) is 16.0. The van der Waals surface area contributed by atoms with Gasteiger partial charge in [-0.3, -0.25) is 9.13 Å². The standard InChI is InChI=1S/C47H30N6O2S/c48-29-30-19-23-32(24-20-30)56(54,55)33-25-21-31(22-26-33)51-37-14-4-1-11-34(37)42-45(51)43-35-12-2-5-15-38(35)52(40-17-7-9-27-49-40)47(43)44-36-13-3-6-16-39(36)53(46(42)44)41-18-8-10-28-50-41/h1-4,6-14,16-28H,5,15H2. The van der Waals surface area contributed by atoms with Crippen LogP contribution in [0.3, 0.4) is 0 Å². The number of fused-ring (bicyclic) bond motifs is 12. The van der Waals surface area contributed by atoms with Gasteiger partial charge in [-0.1, -0.05) is 60.7 Å². The fourth-order valence-corrected chi connectivity index (χ4v) is 10.0. The summed E-state index contributed by atoms with van der Waals surface area (Å²) in [6.07, 6.45) is 9.97. The van der Waals surface area contributed by atoms with Gasteiger partial charge >= 0.3 is 0 Å². The lowest BCUT2D eigenvalue weighted by Gasteiger charge is -2.13. The third kappa shape index (κ3) is 4.48. The van der Waals surface area contributed by atoms with Gasteiger partial charge in [-0.25, -0.2) is 18.4 Å². The number of hydrogen-bond donors (Lipinski definition) is 0. The average molecular weight is 743 g/mol. The zero-order valence-corrected chi connectivity index (χ0v) is 30.6. The van der Waals surface area contributed by atoms with Gasteiger partial charge in [-0.15, -0.1) is 0 Å². The second-order valence-electron chi connectivity index (χ2n) is 14.0. The van der Waals surface area contributed by atoms with E-state index < -0.39 is 9.84 Å². The first kappa shape index (κ1) is 32.2. The van der Waals surface area contributed by atoms with E-state index in [1.54, 1.807) is 12.1 Å². The maximum atomic E-state index is 13.8. The Kier molecular flexibility index (Phi) is 6.96. The van der Waals surface area contributed by atoms with Crippen LogP contribution < -0.4 is 0 Å². The number of rotatable bonds is 5. The quantitative estimate of drug-likeness (QED) is 0.175. The molecule has 1 aliphatic carbocycles. The van der Waals surface area contributed by atoms with E-state index >= 15 is 0 Å². The van der Waals surface area contributed by atoms with Gasteiger partial charge in [0.15, 0.2) is 0 Å². The van der Waals surface area contributed by atoms with Gasteiger partial charge in [0.1, 0.15) is 11.6 Å². The number of benzene rings is 5. The maximum absolute atomic E-state index is 13.8. The highest BCUT2D eigenvalue weighted by molar-refractivity contribution is 7.91. The number of allylic oxidation sites excluding steroid dienone is 1. The molecule has 0 spiro atoms. The van der Waals surface area contributed by atoms with Crippen molar-refractivity contribution in [3.05, 3.63) is 169 Å². The van der Waals surface area contributed by atoms with E-state index in [0.717, 1.165) is 90.2 Å². The lowest BCUT2D eigenvalue weighted by Crippen LogP contribution is -2.04. The Morgan fingerprint density at radius 1 is 0.571 bits per heavy atom. The van der Waals surface area contributed by atoms with Crippen LogP contribution in [0.2, 0.25) is 0 Å². The minimum Gasteiger partial charge on any atom is -0.308 e. The molecule has 1 aliphatic rings. The van der Waals surface area contributed by atoms with E-state index in [2.05, 4.69) is 92.6 Å². The molecule has 0 atom stereocenters. The summed E-state index contributed by atoms with van der Waals surface area (Å²) < 4.78 is 34.6. The van der Waals surface area contributed by atoms with Crippen LogP contribution in [-0.2, 0) is 16.3 Å². The van der Waals surface area contributed by atoms with Crippen molar-refractivity contribution < 1.29 is 8.42 Å². The lowest BCUT2D eigenvalue weighted by molar-refractivity contribution is 0.596. The normalized spacial score (nSPS) is 12.9. The molecular weight excluding hydrogens is 713 g/mol. The van der Waals surface area contributed by atoms with Crippen molar-refractivity contribution in [2.45, 2.75) is 22.6 Å². The molecule has 0 saturated heterocycles. The van der Waals surface area contributed by atoms with Crippen molar-refractivity contribution in [1.82, 2.24) is 23.7 Å². The molecule has 0 amide bonds. The predicted molar refractivity (Wildman–Crippen MR) is 222 cm³/mol. The first-order chi connectivity index (χ1) is 27.5. The molecule has 0 saturated carbocycles. The third-order valence-electron chi connectivity index (χ3n) is 11.1. The van der Waals surface area contributed by atoms with Crippen LogP contribution in [0.1, 0.15) is 23.2 Å². The van der Waals surface area contributed by atoms with Crippen molar-refractivity contribution >= 4 is 70.4 Å². The summed E-state index contributed by atoms with van der Waals surface area (Å²) in [6.45, 7) is 0. The monoisotopic (exact) mass is 742 g/mol. The topological polar surface area (TPSA) is 98.5 Å². The van der Waals surface area contributed by atoms with E-state index in [1.807, 2.05) is 48.8 Å². The zero-order chi connectivity index (χ0) is 37.5. The van der Waals surface area contributed by atoms with E-state index in [0.29, 0.717) is 5.56 Å². The zero-order valence-electron chi connectivity index (χ0n) is 29.8. The lowest BCUT2D eigenvalue weighted by atomic mass is 9.98. The van der Waals surface area contributed by atoms with Gasteiger partial charge in [0.05, 0.1) is 49.0 Å². The third-order valence-corrected chi connectivity index (χ3v) is 12.8. The molecule has 5 heterocycles. The molecule has 8 nitrogen and oxygen atoms in total. The molecule has 10 aromatic rings. The van der Waals surface area contributed by atoms with E-state index in [9.17, 15) is 13.7 Å². The molecule has 0 radical (unpaired) electrons. The number of sulfone groups is 1. The highest BCUT2D eigenvalue weighted by atomic mass is 32.2. The highest BCUT2D eigenvalue weighted by Gasteiger charge is 2.31. The largest absolute Gasteiger partial charge is 0.308 e. The Morgan fingerprint density at radius 2 is 1.11 bits per heavy atom. The molecule has 9 heteroatoms. The maximum Gasteiger partial charge on any atom is 0.206 e. The molecule has 0 unspecified atom stereocenters. The Morgan fingerprint density at radius 3 is 1.71 bits per heavy atom. The summed E-state index contributed by atoms with van der Waals surface area (Å²) in [5, 5.41) is 14.8. The molecule has 5 aromatic heterocycles. The number of aromatic nitrogens is 5. The van der Waals surface area contributed by atoms with Crippen LogP contribution in [0.15, 0.2) is 162 Å². The van der Waals surface area contributed by atoms with Gasteiger partial charge in [0, 0.05) is 56.3 Å². The van der Waals surface area contributed by atoms with Crippen molar-refractivity contribution in [3.8, 4) is 23.4 Å². The number of nitrogens with zero attached hydrogens (tertiary/aromatic N) is 6. The first-order valence-electron chi connectivity index (χ1n) is 18.4. The number of hydrogen-bond acceptors (Lipinski definition) is 5. The number of para-hydroxylation sites is 2. The minimum atomic E-state index is -3.84. The molecule has 56 heavy (non-hydrogen) atoms. The molecule has 266 valence electrons. The van der Waals surface area contributed by atoms with Gasteiger partial charge in [0.2, 0.25) is 9.84 Å². The molecular formula is C47H30N6O2S. The Hall–Kier alpha value is -7.28. The number of nitriles is 1. The SMILES string of the molecule is N#Cc1ccc(S(=O)(=O)c2ccc(-n3c4ccccc4c4c3c3c5c(n(-c6ccccn6)c3c3c6ccccc6n(-c6ccccn6)c34)CCC=C5)cc2)cc1. The average Bonchev–Trinajstić information content (AvgIpc) is 3.90. The molecule has 0 bridgehead atoms. The fraction of sp³-hybridized carbons (Fsp3) is 0.0426. The van der Waals surface area contributed by atoms with Crippen LogP contribution in [0.25, 0.3) is 77.9 Å². The highest BCUT2D eigenvalue weighted by Crippen LogP contribution is 2.50. The first-order valence-corrected chi connectivity index (χ1v) is 19.9. The van der Waals surface area contributed by atoms with Crippen LogP contribution in [0.4, 0.5) is 0 Å². The van der Waals surface area contributed by atoms with Crippen molar-refractivity contribution in [2.75, 3.05) is 0 Å². The van der Waals surface area contributed by atoms with Gasteiger partial charge in [-0.05, 0) is 97.8 Å².